The van der Waals surface area contributed by atoms with Gasteiger partial charge < -0.3 is 19.4 Å². The van der Waals surface area contributed by atoms with Crippen molar-refractivity contribution in [2.75, 3.05) is 13.2 Å². The number of unbranched alkanes of at least 4 members (excludes halogenated alkanes) is 1. The van der Waals surface area contributed by atoms with E-state index in [0.29, 0.717) is 18.8 Å². The second-order valence-electron chi connectivity index (χ2n) is 5.70. The molecule has 2 N–H and O–H groups in total. The van der Waals surface area contributed by atoms with Crippen LogP contribution in [-0.4, -0.2) is 23.4 Å². The van der Waals surface area contributed by atoms with Crippen LogP contribution in [0, 0.1) is 0 Å². The molecule has 0 amide bonds. The van der Waals surface area contributed by atoms with E-state index in [1.54, 1.807) is 6.07 Å². The number of phenols is 1. The number of hydrogen-bond donors (Lipinski definition) is 2. The van der Waals surface area contributed by atoms with E-state index in [2.05, 4.69) is 13.0 Å². The lowest BCUT2D eigenvalue weighted by Gasteiger charge is -2.09. The van der Waals surface area contributed by atoms with Crippen LogP contribution in [0.1, 0.15) is 43.3 Å². The van der Waals surface area contributed by atoms with Crippen LogP contribution in [0.4, 0.5) is 0 Å². The van der Waals surface area contributed by atoms with Gasteiger partial charge in [0.25, 0.3) is 0 Å². The van der Waals surface area contributed by atoms with Gasteiger partial charge in [0.05, 0.1) is 6.61 Å². The molecule has 0 aliphatic heterocycles. The summed E-state index contributed by atoms with van der Waals surface area (Å²) in [6.07, 6.45) is 5.53. The van der Waals surface area contributed by atoms with Crippen molar-refractivity contribution >= 4 is 0 Å². The fourth-order valence-electron chi connectivity index (χ4n) is 2.39. The molecule has 1 heterocycles. The van der Waals surface area contributed by atoms with Gasteiger partial charge in [0.15, 0.2) is 11.5 Å². The van der Waals surface area contributed by atoms with Gasteiger partial charge in [0, 0.05) is 25.9 Å². The third-order valence-corrected chi connectivity index (χ3v) is 3.74. The highest BCUT2D eigenvalue weighted by Gasteiger charge is 2.06. The Labute approximate surface area is 137 Å². The molecule has 0 radical (unpaired) electrons. The molecule has 0 unspecified atom stereocenters. The third kappa shape index (κ3) is 5.64. The molecule has 0 fully saturated rings. The monoisotopic (exact) mass is 318 g/mol. The first-order valence-corrected chi connectivity index (χ1v) is 8.36. The largest absolute Gasteiger partial charge is 0.504 e. The number of aryl methyl sites for hydroxylation is 3. The maximum absolute atomic E-state index is 9.80. The fourth-order valence-corrected chi connectivity index (χ4v) is 2.39. The van der Waals surface area contributed by atoms with Gasteiger partial charge in [-0.15, -0.1) is 0 Å². The number of benzene rings is 1. The number of furan rings is 1. The van der Waals surface area contributed by atoms with E-state index in [1.807, 2.05) is 18.2 Å². The molecule has 4 nitrogen and oxygen atoms in total. The number of ether oxygens (including phenoxy) is 1. The minimum Gasteiger partial charge on any atom is -0.504 e. The number of aliphatic hydroxyl groups is 1. The number of rotatable bonds is 10. The molecular weight excluding hydrogens is 292 g/mol. The highest BCUT2D eigenvalue weighted by molar-refractivity contribution is 5.42. The zero-order valence-electron chi connectivity index (χ0n) is 13.8. The van der Waals surface area contributed by atoms with Crippen molar-refractivity contribution < 1.29 is 19.4 Å². The highest BCUT2D eigenvalue weighted by Crippen LogP contribution is 2.27. The van der Waals surface area contributed by atoms with Gasteiger partial charge in [-0.3, -0.25) is 0 Å². The lowest BCUT2D eigenvalue weighted by Crippen LogP contribution is -2.00. The topological polar surface area (TPSA) is 62.8 Å². The average molecular weight is 318 g/mol. The van der Waals surface area contributed by atoms with Gasteiger partial charge in [-0.25, -0.2) is 0 Å². The second-order valence-corrected chi connectivity index (χ2v) is 5.70. The first kappa shape index (κ1) is 17.4. The molecule has 23 heavy (non-hydrogen) atoms. The number of phenolic OH excluding ortho intramolecular Hbond substituents is 1. The Kier molecular flexibility index (Phi) is 7.01. The average Bonchev–Trinajstić information content (AvgIpc) is 3.01. The van der Waals surface area contributed by atoms with Crippen LogP contribution in [0.15, 0.2) is 34.7 Å². The third-order valence-electron chi connectivity index (χ3n) is 3.74. The lowest BCUT2D eigenvalue weighted by atomic mass is 10.1. The Morgan fingerprint density at radius 2 is 1.78 bits per heavy atom. The summed E-state index contributed by atoms with van der Waals surface area (Å²) in [5.41, 5.74) is 1.09. The molecule has 0 aliphatic rings. The lowest BCUT2D eigenvalue weighted by molar-refractivity contribution is 0.229. The number of hydrogen-bond acceptors (Lipinski definition) is 4. The van der Waals surface area contributed by atoms with Gasteiger partial charge in [0.2, 0.25) is 0 Å². The van der Waals surface area contributed by atoms with Crippen LogP contribution >= 0.6 is 0 Å². The molecule has 2 rings (SSSR count). The van der Waals surface area contributed by atoms with E-state index in [0.717, 1.165) is 42.8 Å². The molecule has 126 valence electrons. The summed E-state index contributed by atoms with van der Waals surface area (Å²) in [6, 6.07) is 9.51. The van der Waals surface area contributed by atoms with Crippen molar-refractivity contribution in [2.24, 2.45) is 0 Å². The maximum atomic E-state index is 9.80. The highest BCUT2D eigenvalue weighted by atomic mass is 16.5. The quantitative estimate of drug-likeness (QED) is 0.653. The van der Waals surface area contributed by atoms with Crippen LogP contribution in [0.3, 0.4) is 0 Å². The van der Waals surface area contributed by atoms with Crippen molar-refractivity contribution in [3.8, 4) is 11.5 Å². The van der Waals surface area contributed by atoms with Crippen LogP contribution in [0.25, 0.3) is 0 Å². The van der Waals surface area contributed by atoms with E-state index in [1.165, 1.54) is 6.42 Å². The molecule has 0 bridgehead atoms. The molecule has 1 aromatic heterocycles. The number of aromatic hydroxyl groups is 1. The summed E-state index contributed by atoms with van der Waals surface area (Å²) in [5.74, 6) is 2.65. The van der Waals surface area contributed by atoms with Crippen molar-refractivity contribution in [3.63, 3.8) is 0 Å². The van der Waals surface area contributed by atoms with Gasteiger partial charge in [-0.1, -0.05) is 19.4 Å². The fraction of sp³-hybridized carbons (Fsp3) is 0.474. The standard InChI is InChI=1S/C19H26O4/c1-2-3-5-16-9-10-17(23-16)8-6-15-7-11-18(21)19(14-15)22-13-4-12-20/h7,9-11,14,20-21H,2-6,8,12-13H2,1H3. The molecule has 0 aliphatic carbocycles. The summed E-state index contributed by atoms with van der Waals surface area (Å²) in [4.78, 5) is 0. The zero-order valence-corrected chi connectivity index (χ0v) is 13.8. The molecule has 2 aromatic rings. The number of aliphatic hydroxyl groups excluding tert-OH is 1. The Balaban J connectivity index is 1.89. The minimum absolute atomic E-state index is 0.0826. The molecule has 4 heteroatoms. The molecule has 0 saturated carbocycles. The first-order valence-electron chi connectivity index (χ1n) is 8.36. The molecule has 0 spiro atoms. The maximum Gasteiger partial charge on any atom is 0.161 e. The van der Waals surface area contributed by atoms with Crippen molar-refractivity contribution in [2.45, 2.75) is 45.4 Å². The SMILES string of the molecule is CCCCc1ccc(CCc2ccc(O)c(OCCCO)c2)o1. The summed E-state index contributed by atoms with van der Waals surface area (Å²) in [6.45, 7) is 2.65. The van der Waals surface area contributed by atoms with Crippen LogP contribution in [0.5, 0.6) is 11.5 Å². The van der Waals surface area contributed by atoms with E-state index in [4.69, 9.17) is 14.3 Å². The molecule has 0 saturated heterocycles. The summed E-state index contributed by atoms with van der Waals surface area (Å²) in [7, 11) is 0. The van der Waals surface area contributed by atoms with E-state index >= 15 is 0 Å². The summed E-state index contributed by atoms with van der Waals surface area (Å²) < 4.78 is 11.3. The Hall–Kier alpha value is -1.94. The normalized spacial score (nSPS) is 10.9. The predicted octanol–water partition coefficient (Wildman–Crippen LogP) is 3.87. The second kappa shape index (κ2) is 9.26. The van der Waals surface area contributed by atoms with Crippen LogP contribution in [0.2, 0.25) is 0 Å². The van der Waals surface area contributed by atoms with Gasteiger partial charge in [0.1, 0.15) is 11.5 Å². The van der Waals surface area contributed by atoms with Crippen LogP contribution in [-0.2, 0) is 19.3 Å². The first-order chi connectivity index (χ1) is 11.2. The summed E-state index contributed by atoms with van der Waals surface area (Å²) >= 11 is 0. The van der Waals surface area contributed by atoms with E-state index < -0.39 is 0 Å². The van der Waals surface area contributed by atoms with Gasteiger partial charge >= 0.3 is 0 Å². The smallest absolute Gasteiger partial charge is 0.161 e. The van der Waals surface area contributed by atoms with Crippen LogP contribution < -0.4 is 4.74 Å². The van der Waals surface area contributed by atoms with Crippen molar-refractivity contribution in [1.82, 2.24) is 0 Å². The zero-order chi connectivity index (χ0) is 16.5. The molecule has 0 atom stereocenters. The van der Waals surface area contributed by atoms with Crippen molar-refractivity contribution in [1.29, 1.82) is 0 Å². The molecule has 1 aromatic carbocycles. The molecular formula is C19H26O4. The van der Waals surface area contributed by atoms with E-state index in [-0.39, 0.29) is 12.4 Å². The summed E-state index contributed by atoms with van der Waals surface area (Å²) in [5, 5.41) is 18.6. The predicted molar refractivity (Wildman–Crippen MR) is 90.0 cm³/mol. The Bertz CT molecular complexity index is 589. The van der Waals surface area contributed by atoms with Crippen molar-refractivity contribution in [3.05, 3.63) is 47.4 Å². The van der Waals surface area contributed by atoms with Gasteiger partial charge in [-0.05, 0) is 42.7 Å². The minimum atomic E-state index is 0.0826. The van der Waals surface area contributed by atoms with Gasteiger partial charge in [-0.2, -0.15) is 0 Å². The Morgan fingerprint density at radius 3 is 2.52 bits per heavy atom. The van der Waals surface area contributed by atoms with E-state index in [9.17, 15) is 5.11 Å². The Morgan fingerprint density at radius 1 is 1.00 bits per heavy atom.